The van der Waals surface area contributed by atoms with E-state index in [0.717, 1.165) is 24.9 Å². The van der Waals surface area contributed by atoms with Gasteiger partial charge < -0.3 is 15.5 Å². The molecule has 1 aliphatic rings. The lowest BCUT2D eigenvalue weighted by atomic mass is 10.1. The van der Waals surface area contributed by atoms with E-state index in [9.17, 15) is 14.9 Å². The van der Waals surface area contributed by atoms with E-state index in [4.69, 9.17) is 0 Å². The Balaban J connectivity index is 1.78. The van der Waals surface area contributed by atoms with Crippen LogP contribution in [0.5, 0.6) is 0 Å². The molecule has 27 heavy (non-hydrogen) atoms. The number of hydrogen-bond acceptors (Lipinski definition) is 4. The Labute approximate surface area is 161 Å². The van der Waals surface area contributed by atoms with E-state index in [0.29, 0.717) is 25.9 Å². The van der Waals surface area contributed by atoms with Crippen molar-refractivity contribution < 1.29 is 9.59 Å². The van der Waals surface area contributed by atoms with Crippen LogP contribution in [0.15, 0.2) is 36.0 Å². The van der Waals surface area contributed by atoms with E-state index >= 15 is 0 Å². The van der Waals surface area contributed by atoms with E-state index in [1.807, 2.05) is 17.9 Å². The monoisotopic (exact) mass is 368 g/mol. The average molecular weight is 368 g/mol. The molecule has 0 aliphatic carbocycles. The predicted octanol–water partition coefficient (Wildman–Crippen LogP) is 2.44. The molecule has 0 saturated carbocycles. The number of benzene rings is 1. The molecular weight excluding hydrogens is 340 g/mol. The molecule has 1 aromatic carbocycles. The van der Waals surface area contributed by atoms with E-state index in [2.05, 4.69) is 41.8 Å². The molecule has 1 aliphatic heterocycles. The molecule has 1 unspecified atom stereocenters. The van der Waals surface area contributed by atoms with Gasteiger partial charge in [0.1, 0.15) is 11.6 Å². The highest BCUT2D eigenvalue weighted by Crippen LogP contribution is 2.14. The Hall–Kier alpha value is -2.81. The van der Waals surface area contributed by atoms with Gasteiger partial charge in [0.05, 0.1) is 0 Å². The van der Waals surface area contributed by atoms with Crippen molar-refractivity contribution in [1.82, 2.24) is 15.5 Å². The summed E-state index contributed by atoms with van der Waals surface area (Å²) in [6.07, 6.45) is 4.68. The van der Waals surface area contributed by atoms with E-state index < -0.39 is 5.91 Å². The number of nitrogens with one attached hydrogen (secondary N) is 2. The van der Waals surface area contributed by atoms with E-state index in [1.165, 1.54) is 11.8 Å². The van der Waals surface area contributed by atoms with Gasteiger partial charge in [-0.1, -0.05) is 31.2 Å². The lowest BCUT2D eigenvalue weighted by Crippen LogP contribution is -2.31. The largest absolute Gasteiger partial charge is 0.383 e. The van der Waals surface area contributed by atoms with Crippen LogP contribution in [0.2, 0.25) is 0 Å². The predicted molar refractivity (Wildman–Crippen MR) is 105 cm³/mol. The quantitative estimate of drug-likeness (QED) is 0.398. The van der Waals surface area contributed by atoms with E-state index in [1.54, 1.807) is 0 Å². The van der Waals surface area contributed by atoms with Crippen LogP contribution >= 0.6 is 0 Å². The highest BCUT2D eigenvalue weighted by atomic mass is 16.2. The van der Waals surface area contributed by atoms with Crippen molar-refractivity contribution in [2.45, 2.75) is 45.6 Å². The molecule has 144 valence electrons. The lowest BCUT2D eigenvalue weighted by Gasteiger charge is -2.15. The summed E-state index contributed by atoms with van der Waals surface area (Å²) in [5.74, 6) is -0.213. The molecular formula is C21H28N4O2. The first kappa shape index (κ1) is 20.5. The van der Waals surface area contributed by atoms with E-state index in [-0.39, 0.29) is 17.5 Å². The van der Waals surface area contributed by atoms with Gasteiger partial charge in [0.25, 0.3) is 5.91 Å². The third-order valence-electron chi connectivity index (χ3n) is 4.79. The molecule has 6 heteroatoms. The van der Waals surface area contributed by atoms with Gasteiger partial charge in [-0.15, -0.1) is 0 Å². The summed E-state index contributed by atoms with van der Waals surface area (Å²) in [6, 6.07) is 10.2. The second-order valence-corrected chi connectivity index (χ2v) is 6.75. The van der Waals surface area contributed by atoms with Crippen molar-refractivity contribution in [3.63, 3.8) is 0 Å². The minimum absolute atomic E-state index is 0.00626. The van der Waals surface area contributed by atoms with Crippen LogP contribution in [0.1, 0.15) is 50.3 Å². The minimum atomic E-state index is -0.397. The Morgan fingerprint density at radius 1 is 1.37 bits per heavy atom. The Morgan fingerprint density at radius 2 is 2.11 bits per heavy atom. The molecule has 0 aromatic heterocycles. The van der Waals surface area contributed by atoms with Crippen molar-refractivity contribution in [2.75, 3.05) is 19.6 Å². The maximum Gasteiger partial charge on any atom is 0.263 e. The molecule has 6 nitrogen and oxygen atoms in total. The third kappa shape index (κ3) is 6.14. The lowest BCUT2D eigenvalue weighted by molar-refractivity contribution is -0.127. The van der Waals surface area contributed by atoms with Gasteiger partial charge in [0, 0.05) is 38.3 Å². The van der Waals surface area contributed by atoms with Crippen LogP contribution in [-0.2, 0) is 16.0 Å². The fourth-order valence-electron chi connectivity index (χ4n) is 3.00. The molecule has 2 amide bonds. The summed E-state index contributed by atoms with van der Waals surface area (Å²) in [5, 5.41) is 15.1. The summed E-state index contributed by atoms with van der Waals surface area (Å²) in [4.78, 5) is 25.5. The molecule has 1 atom stereocenters. The Bertz CT molecular complexity index is 719. The van der Waals surface area contributed by atoms with Crippen molar-refractivity contribution >= 4 is 11.8 Å². The SMILES string of the molecule is CCc1ccc(C(C)N/C=C(/C#N)C(=O)NCCCN2CCCC2=O)cc1. The number of aryl methyl sites for hydroxylation is 1. The summed E-state index contributed by atoms with van der Waals surface area (Å²) >= 11 is 0. The summed E-state index contributed by atoms with van der Waals surface area (Å²) in [6.45, 7) is 5.98. The fourth-order valence-corrected chi connectivity index (χ4v) is 3.00. The van der Waals surface area contributed by atoms with Gasteiger partial charge in [-0.3, -0.25) is 9.59 Å². The zero-order valence-electron chi connectivity index (χ0n) is 16.1. The van der Waals surface area contributed by atoms with Crippen LogP contribution in [-0.4, -0.2) is 36.3 Å². The zero-order chi connectivity index (χ0) is 19.6. The number of carbonyl (C=O) groups excluding carboxylic acids is 2. The van der Waals surface area contributed by atoms with Gasteiger partial charge in [-0.05, 0) is 37.3 Å². The number of likely N-dealkylation sites (tertiary alicyclic amines) is 1. The fraction of sp³-hybridized carbons (Fsp3) is 0.476. The van der Waals surface area contributed by atoms with Gasteiger partial charge in [-0.25, -0.2) is 0 Å². The van der Waals surface area contributed by atoms with Crippen LogP contribution < -0.4 is 10.6 Å². The smallest absolute Gasteiger partial charge is 0.263 e. The number of nitriles is 1. The second kappa shape index (κ2) is 10.4. The number of carbonyl (C=O) groups is 2. The standard InChI is InChI=1S/C21H28N4O2/c1-3-17-7-9-18(10-8-17)16(2)24-15-19(14-22)21(27)23-11-5-13-25-12-4-6-20(25)26/h7-10,15-16,24H,3-6,11-13H2,1-2H3,(H,23,27)/b19-15-. The first-order valence-electron chi connectivity index (χ1n) is 9.56. The van der Waals surface area contributed by atoms with Gasteiger partial charge in [0.2, 0.25) is 5.91 Å². The summed E-state index contributed by atoms with van der Waals surface area (Å²) in [7, 11) is 0. The van der Waals surface area contributed by atoms with Gasteiger partial charge >= 0.3 is 0 Å². The molecule has 1 saturated heterocycles. The topological polar surface area (TPSA) is 85.2 Å². The maximum atomic E-state index is 12.1. The number of hydrogen-bond donors (Lipinski definition) is 2. The van der Waals surface area contributed by atoms with Gasteiger partial charge in [-0.2, -0.15) is 5.26 Å². The van der Waals surface area contributed by atoms with Crippen molar-refractivity contribution in [2.24, 2.45) is 0 Å². The molecule has 1 heterocycles. The molecule has 0 radical (unpaired) electrons. The van der Waals surface area contributed by atoms with Gasteiger partial charge in [0.15, 0.2) is 0 Å². The first-order chi connectivity index (χ1) is 13.0. The van der Waals surface area contributed by atoms with Crippen molar-refractivity contribution in [3.8, 4) is 6.07 Å². The van der Waals surface area contributed by atoms with Crippen LogP contribution in [0.4, 0.5) is 0 Å². The zero-order valence-corrected chi connectivity index (χ0v) is 16.1. The summed E-state index contributed by atoms with van der Waals surface area (Å²) < 4.78 is 0. The normalized spacial score (nSPS) is 15.4. The summed E-state index contributed by atoms with van der Waals surface area (Å²) in [5.41, 5.74) is 2.41. The van der Waals surface area contributed by atoms with Crippen molar-refractivity contribution in [1.29, 1.82) is 5.26 Å². The highest BCUT2D eigenvalue weighted by molar-refractivity contribution is 5.97. The van der Waals surface area contributed by atoms with Crippen molar-refractivity contribution in [3.05, 3.63) is 47.2 Å². The molecule has 2 N–H and O–H groups in total. The third-order valence-corrected chi connectivity index (χ3v) is 4.79. The molecule has 1 aromatic rings. The molecule has 0 spiro atoms. The molecule has 2 rings (SSSR count). The Kier molecular flexibility index (Phi) is 7.87. The highest BCUT2D eigenvalue weighted by Gasteiger charge is 2.19. The van der Waals surface area contributed by atoms with Crippen LogP contribution in [0.25, 0.3) is 0 Å². The first-order valence-corrected chi connectivity index (χ1v) is 9.56. The number of rotatable bonds is 9. The minimum Gasteiger partial charge on any atom is -0.383 e. The van der Waals surface area contributed by atoms with Crippen LogP contribution in [0, 0.1) is 11.3 Å². The maximum absolute atomic E-state index is 12.1. The molecule has 1 fully saturated rings. The average Bonchev–Trinajstić information content (AvgIpc) is 3.10. The van der Waals surface area contributed by atoms with Crippen LogP contribution in [0.3, 0.4) is 0 Å². The number of amides is 2. The molecule has 0 bridgehead atoms. The number of nitrogens with zero attached hydrogens (tertiary/aromatic N) is 2. The second-order valence-electron chi connectivity index (χ2n) is 6.75. The Morgan fingerprint density at radius 3 is 2.70 bits per heavy atom.